The fourth-order valence-corrected chi connectivity index (χ4v) is 2.34. The minimum atomic E-state index is 0.269. The van der Waals surface area contributed by atoms with Crippen LogP contribution in [0.5, 0.6) is 0 Å². The molecule has 1 fully saturated rings. The Bertz CT molecular complexity index is 319. The van der Waals surface area contributed by atoms with E-state index in [4.69, 9.17) is 0 Å². The van der Waals surface area contributed by atoms with Crippen LogP contribution in [0.3, 0.4) is 0 Å². The molecule has 0 aliphatic carbocycles. The van der Waals surface area contributed by atoms with Gasteiger partial charge >= 0.3 is 0 Å². The van der Waals surface area contributed by atoms with Gasteiger partial charge in [-0.2, -0.15) is 0 Å². The van der Waals surface area contributed by atoms with Gasteiger partial charge in [0.2, 0.25) is 0 Å². The minimum Gasteiger partial charge on any atom is -0.356 e. The van der Waals surface area contributed by atoms with Crippen LogP contribution >= 0.6 is 0 Å². The smallest absolute Gasteiger partial charge is 0.0689 e. The Balaban J connectivity index is 2.13. The van der Waals surface area contributed by atoms with Crippen molar-refractivity contribution in [2.45, 2.75) is 38.8 Å². The van der Waals surface area contributed by atoms with Crippen LogP contribution in [-0.4, -0.2) is 18.2 Å². The van der Waals surface area contributed by atoms with Gasteiger partial charge in [-0.15, -0.1) is 0 Å². The molecular formula is C13H20N2. The third-order valence-electron chi connectivity index (χ3n) is 3.15. The van der Waals surface area contributed by atoms with Gasteiger partial charge in [0.25, 0.3) is 0 Å². The van der Waals surface area contributed by atoms with Crippen molar-refractivity contribution in [3.8, 4) is 0 Å². The molecule has 0 radical (unpaired) electrons. The van der Waals surface area contributed by atoms with Crippen molar-refractivity contribution < 1.29 is 0 Å². The van der Waals surface area contributed by atoms with Gasteiger partial charge in [0.05, 0.1) is 6.67 Å². The fraction of sp³-hybridized carbons (Fsp3) is 0.538. The molecule has 1 heterocycles. The molecule has 1 aliphatic heterocycles. The molecule has 0 spiro atoms. The van der Waals surface area contributed by atoms with Crippen molar-refractivity contribution in [3.05, 3.63) is 30.3 Å². The van der Waals surface area contributed by atoms with Gasteiger partial charge in [0.15, 0.2) is 0 Å². The monoisotopic (exact) mass is 204 g/mol. The molecule has 0 bridgehead atoms. The Labute approximate surface area is 92.3 Å². The molecular weight excluding hydrogens is 184 g/mol. The van der Waals surface area contributed by atoms with E-state index in [1.807, 2.05) is 0 Å². The van der Waals surface area contributed by atoms with E-state index in [0.717, 1.165) is 6.67 Å². The van der Waals surface area contributed by atoms with Crippen molar-refractivity contribution in [2.24, 2.45) is 0 Å². The van der Waals surface area contributed by atoms with Crippen molar-refractivity contribution in [2.75, 3.05) is 11.6 Å². The highest BCUT2D eigenvalue weighted by Crippen LogP contribution is 2.25. The first-order valence-electron chi connectivity index (χ1n) is 5.65. The maximum atomic E-state index is 3.56. The van der Waals surface area contributed by atoms with E-state index in [0.29, 0.717) is 6.04 Å². The Morgan fingerprint density at radius 2 is 1.93 bits per heavy atom. The van der Waals surface area contributed by atoms with Crippen LogP contribution in [0.1, 0.15) is 27.2 Å². The zero-order chi connectivity index (χ0) is 10.9. The van der Waals surface area contributed by atoms with Crippen LogP contribution in [0.2, 0.25) is 0 Å². The van der Waals surface area contributed by atoms with Crippen molar-refractivity contribution >= 4 is 5.69 Å². The molecule has 1 saturated heterocycles. The number of benzene rings is 1. The number of nitrogens with one attached hydrogen (secondary N) is 1. The SMILES string of the molecule is CC1CC(C)(C)NCN1c1ccccc1. The van der Waals surface area contributed by atoms with Crippen LogP contribution in [-0.2, 0) is 0 Å². The van der Waals surface area contributed by atoms with E-state index in [9.17, 15) is 0 Å². The molecule has 2 heteroatoms. The van der Waals surface area contributed by atoms with Gasteiger partial charge in [0.1, 0.15) is 0 Å². The molecule has 0 amide bonds. The second-order valence-corrected chi connectivity index (χ2v) is 5.08. The lowest BCUT2D eigenvalue weighted by Crippen LogP contribution is -2.57. The summed E-state index contributed by atoms with van der Waals surface area (Å²) < 4.78 is 0. The van der Waals surface area contributed by atoms with Crippen LogP contribution in [0.15, 0.2) is 30.3 Å². The highest BCUT2D eigenvalue weighted by molar-refractivity contribution is 5.47. The fourth-order valence-electron chi connectivity index (χ4n) is 2.34. The molecule has 2 rings (SSSR count). The molecule has 2 nitrogen and oxygen atoms in total. The van der Waals surface area contributed by atoms with Crippen LogP contribution in [0, 0.1) is 0 Å². The molecule has 1 atom stereocenters. The minimum absolute atomic E-state index is 0.269. The summed E-state index contributed by atoms with van der Waals surface area (Å²) in [6.45, 7) is 7.78. The van der Waals surface area contributed by atoms with Crippen molar-refractivity contribution in [1.29, 1.82) is 0 Å². The van der Waals surface area contributed by atoms with Gasteiger partial charge in [-0.1, -0.05) is 18.2 Å². The topological polar surface area (TPSA) is 15.3 Å². The molecule has 0 saturated carbocycles. The Hall–Kier alpha value is -1.02. The number of para-hydroxylation sites is 1. The highest BCUT2D eigenvalue weighted by atomic mass is 15.3. The van der Waals surface area contributed by atoms with Gasteiger partial charge in [-0.25, -0.2) is 0 Å². The predicted octanol–water partition coefficient (Wildman–Crippen LogP) is 2.61. The molecule has 1 N–H and O–H groups in total. The molecule has 0 aromatic heterocycles. The van der Waals surface area contributed by atoms with Crippen LogP contribution in [0.4, 0.5) is 5.69 Å². The van der Waals surface area contributed by atoms with Crippen molar-refractivity contribution in [3.63, 3.8) is 0 Å². The summed E-state index contributed by atoms with van der Waals surface area (Å²) in [5, 5.41) is 3.56. The Morgan fingerprint density at radius 1 is 1.27 bits per heavy atom. The summed E-state index contributed by atoms with van der Waals surface area (Å²) in [5.41, 5.74) is 1.58. The maximum absolute atomic E-state index is 3.56. The summed E-state index contributed by atoms with van der Waals surface area (Å²) in [5.74, 6) is 0. The first-order valence-corrected chi connectivity index (χ1v) is 5.65. The third-order valence-corrected chi connectivity index (χ3v) is 3.15. The lowest BCUT2D eigenvalue weighted by Gasteiger charge is -2.44. The highest BCUT2D eigenvalue weighted by Gasteiger charge is 2.29. The lowest BCUT2D eigenvalue weighted by molar-refractivity contribution is 0.283. The normalized spacial score (nSPS) is 25.3. The second kappa shape index (κ2) is 3.86. The number of hydrogen-bond acceptors (Lipinski definition) is 2. The molecule has 1 unspecified atom stereocenters. The Kier molecular flexibility index (Phi) is 2.70. The molecule has 1 aliphatic rings. The van der Waals surface area contributed by atoms with E-state index >= 15 is 0 Å². The summed E-state index contributed by atoms with van der Waals surface area (Å²) in [6.07, 6.45) is 1.18. The van der Waals surface area contributed by atoms with Gasteiger partial charge in [0, 0.05) is 17.3 Å². The first-order chi connectivity index (χ1) is 7.08. The first kappa shape index (κ1) is 10.5. The van der Waals surface area contributed by atoms with Gasteiger partial charge < -0.3 is 4.90 Å². The summed E-state index contributed by atoms with van der Waals surface area (Å²) in [7, 11) is 0. The van der Waals surface area contributed by atoms with E-state index in [-0.39, 0.29) is 5.54 Å². The predicted molar refractivity (Wildman–Crippen MR) is 65.1 cm³/mol. The van der Waals surface area contributed by atoms with Gasteiger partial charge in [-0.3, -0.25) is 5.32 Å². The van der Waals surface area contributed by atoms with E-state index in [2.05, 4.69) is 61.3 Å². The summed E-state index contributed by atoms with van der Waals surface area (Å²) in [6, 6.07) is 11.2. The number of rotatable bonds is 1. The standard InChI is InChI=1S/C13H20N2/c1-11-9-13(2,3)14-10-15(11)12-7-5-4-6-8-12/h4-8,11,14H,9-10H2,1-3H3. The molecule has 1 aromatic carbocycles. The molecule has 82 valence electrons. The summed E-state index contributed by atoms with van der Waals surface area (Å²) in [4.78, 5) is 2.42. The zero-order valence-electron chi connectivity index (χ0n) is 9.83. The van der Waals surface area contributed by atoms with Crippen molar-refractivity contribution in [1.82, 2.24) is 5.32 Å². The quantitative estimate of drug-likeness (QED) is 0.756. The van der Waals surface area contributed by atoms with Crippen LogP contribution in [0.25, 0.3) is 0 Å². The average molecular weight is 204 g/mol. The number of nitrogens with zero attached hydrogens (tertiary/aromatic N) is 1. The van der Waals surface area contributed by atoms with Gasteiger partial charge in [-0.05, 0) is 39.3 Å². The molecule has 15 heavy (non-hydrogen) atoms. The largest absolute Gasteiger partial charge is 0.356 e. The lowest BCUT2D eigenvalue weighted by atomic mass is 9.93. The van der Waals surface area contributed by atoms with Crippen LogP contribution < -0.4 is 10.2 Å². The zero-order valence-corrected chi connectivity index (χ0v) is 9.83. The number of hydrogen-bond donors (Lipinski definition) is 1. The summed E-state index contributed by atoms with van der Waals surface area (Å²) >= 11 is 0. The molecule has 1 aromatic rings. The van der Waals surface area contributed by atoms with E-state index in [1.165, 1.54) is 12.1 Å². The second-order valence-electron chi connectivity index (χ2n) is 5.08. The average Bonchev–Trinajstić information content (AvgIpc) is 2.17. The van der Waals surface area contributed by atoms with E-state index in [1.54, 1.807) is 0 Å². The maximum Gasteiger partial charge on any atom is 0.0689 e. The Morgan fingerprint density at radius 3 is 2.53 bits per heavy atom. The van der Waals surface area contributed by atoms with E-state index < -0.39 is 0 Å². The number of anilines is 1. The third kappa shape index (κ3) is 2.32.